The van der Waals surface area contributed by atoms with E-state index >= 15 is 0 Å². The lowest BCUT2D eigenvalue weighted by molar-refractivity contribution is -0.561. The Balaban J connectivity index is 2.02. The fraction of sp³-hybridized carbons (Fsp3) is 0.118. The highest BCUT2D eigenvalue weighted by molar-refractivity contribution is 6.30. The van der Waals surface area contributed by atoms with Gasteiger partial charge in [-0.1, -0.05) is 35.9 Å². The highest BCUT2D eigenvalue weighted by atomic mass is 35.5. The molecular weight excluding hydrogens is 334 g/mol. The maximum absolute atomic E-state index is 12.5. The van der Waals surface area contributed by atoms with E-state index in [1.165, 1.54) is 0 Å². The van der Waals surface area contributed by atoms with Gasteiger partial charge in [-0.2, -0.15) is 0 Å². The monoisotopic (exact) mass is 343 g/mol. The number of ether oxygens (including phenoxy) is 1. The molecule has 0 spiro atoms. The van der Waals surface area contributed by atoms with Crippen molar-refractivity contribution in [1.29, 1.82) is 0 Å². The summed E-state index contributed by atoms with van der Waals surface area (Å²) in [6, 6.07) is 13.4. The number of fused-ring (bicyclic) bond motifs is 3. The molecule has 0 amide bonds. The van der Waals surface area contributed by atoms with Crippen LogP contribution in [-0.2, 0) is 0 Å². The van der Waals surface area contributed by atoms with Crippen molar-refractivity contribution in [3.8, 4) is 5.75 Å². The molecule has 3 aromatic rings. The Labute approximate surface area is 140 Å². The molecule has 24 heavy (non-hydrogen) atoms. The zero-order valence-electron chi connectivity index (χ0n) is 12.1. The topological polar surface area (TPSA) is 82.6 Å². The van der Waals surface area contributed by atoms with Gasteiger partial charge in [0.1, 0.15) is 17.3 Å². The summed E-state index contributed by atoms with van der Waals surface area (Å²) in [5.74, 6) is -0.678. The van der Waals surface area contributed by atoms with Crippen LogP contribution in [0.2, 0.25) is 5.02 Å². The number of rotatable bonds is 2. The Morgan fingerprint density at radius 3 is 2.67 bits per heavy atom. The van der Waals surface area contributed by atoms with E-state index in [4.69, 9.17) is 20.8 Å². The van der Waals surface area contributed by atoms with Crippen LogP contribution in [0, 0.1) is 10.1 Å². The third-order valence-corrected chi connectivity index (χ3v) is 4.28. The van der Waals surface area contributed by atoms with Crippen LogP contribution in [-0.4, -0.2) is 11.2 Å². The van der Waals surface area contributed by atoms with Crippen molar-refractivity contribution in [2.24, 2.45) is 0 Å². The van der Waals surface area contributed by atoms with Gasteiger partial charge in [0, 0.05) is 5.02 Å². The predicted octanol–water partition coefficient (Wildman–Crippen LogP) is 3.57. The molecule has 2 atom stereocenters. The van der Waals surface area contributed by atoms with E-state index in [9.17, 15) is 14.9 Å². The standard InChI is InChI=1S/C17H10ClNO5/c18-10-5-3-4-9(8-10)13-14-15(24-16(13)19(21)22)11-6-1-2-7-12(11)23-17(14)20/h1-8,13,16H. The zero-order valence-corrected chi connectivity index (χ0v) is 12.9. The normalized spacial score (nSPS) is 19.0. The van der Waals surface area contributed by atoms with E-state index in [-0.39, 0.29) is 11.3 Å². The predicted molar refractivity (Wildman–Crippen MR) is 87.2 cm³/mol. The van der Waals surface area contributed by atoms with E-state index in [1.807, 2.05) is 0 Å². The van der Waals surface area contributed by atoms with Gasteiger partial charge in [-0.05, 0) is 29.8 Å². The number of hydrogen-bond acceptors (Lipinski definition) is 5. The maximum atomic E-state index is 12.5. The minimum Gasteiger partial charge on any atom is -0.428 e. The Kier molecular flexibility index (Phi) is 3.28. The van der Waals surface area contributed by atoms with Crippen molar-refractivity contribution in [2.75, 3.05) is 0 Å². The Bertz CT molecular complexity index is 1030. The third-order valence-electron chi connectivity index (χ3n) is 4.05. The smallest absolute Gasteiger partial charge is 0.365 e. The second kappa shape index (κ2) is 5.35. The lowest BCUT2D eigenvalue weighted by atomic mass is 9.92. The molecule has 6 nitrogen and oxygen atoms in total. The van der Waals surface area contributed by atoms with Gasteiger partial charge in [0.15, 0.2) is 0 Å². The van der Waals surface area contributed by atoms with Crippen LogP contribution < -0.4 is 10.4 Å². The second-order valence-electron chi connectivity index (χ2n) is 5.45. The van der Waals surface area contributed by atoms with E-state index in [0.29, 0.717) is 21.6 Å². The first-order valence-electron chi connectivity index (χ1n) is 7.17. The van der Waals surface area contributed by atoms with Crippen molar-refractivity contribution < 1.29 is 14.1 Å². The average Bonchev–Trinajstić information content (AvgIpc) is 2.97. The number of nitro groups is 1. The van der Waals surface area contributed by atoms with Gasteiger partial charge in [-0.15, -0.1) is 0 Å². The molecule has 0 N–H and O–H groups in total. The Hall–Kier alpha value is -2.86. The van der Waals surface area contributed by atoms with E-state index in [2.05, 4.69) is 0 Å². The van der Waals surface area contributed by atoms with Gasteiger partial charge in [0.25, 0.3) is 0 Å². The zero-order chi connectivity index (χ0) is 16.8. The van der Waals surface area contributed by atoms with Gasteiger partial charge >= 0.3 is 11.9 Å². The number of para-hydroxylation sites is 1. The molecule has 0 aliphatic carbocycles. The van der Waals surface area contributed by atoms with Gasteiger partial charge < -0.3 is 9.15 Å². The number of nitrogens with zero attached hydrogens (tertiary/aromatic N) is 1. The molecule has 1 aliphatic heterocycles. The molecule has 2 aromatic carbocycles. The summed E-state index contributed by atoms with van der Waals surface area (Å²) < 4.78 is 10.9. The number of benzene rings is 2. The van der Waals surface area contributed by atoms with Crippen molar-refractivity contribution in [2.45, 2.75) is 12.1 Å². The van der Waals surface area contributed by atoms with Crippen molar-refractivity contribution >= 4 is 22.6 Å². The molecule has 2 unspecified atom stereocenters. The van der Waals surface area contributed by atoms with Gasteiger partial charge in [0.05, 0.1) is 15.9 Å². The molecule has 1 aliphatic rings. The summed E-state index contributed by atoms with van der Waals surface area (Å²) in [5.41, 5.74) is 0.372. The molecule has 0 saturated heterocycles. The highest BCUT2D eigenvalue weighted by Crippen LogP contribution is 2.44. The average molecular weight is 344 g/mol. The molecule has 4 rings (SSSR count). The fourth-order valence-electron chi connectivity index (χ4n) is 3.06. The summed E-state index contributed by atoms with van der Waals surface area (Å²) >= 11 is 6.00. The van der Waals surface area contributed by atoms with Crippen molar-refractivity contribution in [3.63, 3.8) is 0 Å². The molecule has 2 heterocycles. The van der Waals surface area contributed by atoms with Crippen LogP contribution in [0.5, 0.6) is 5.75 Å². The SMILES string of the molecule is O=c1oc2ccccc2c2c1C(c1cccc(Cl)c1)C([N+](=O)[O-])O2. The minimum atomic E-state index is -1.41. The first kappa shape index (κ1) is 14.7. The summed E-state index contributed by atoms with van der Waals surface area (Å²) in [5, 5.41) is 12.5. The van der Waals surface area contributed by atoms with Crippen molar-refractivity contribution in [3.05, 3.63) is 85.2 Å². The molecular formula is C17H10ClNO5. The van der Waals surface area contributed by atoms with E-state index in [0.717, 1.165) is 0 Å². The van der Waals surface area contributed by atoms with Crippen LogP contribution in [0.4, 0.5) is 0 Å². The summed E-state index contributed by atoms with van der Waals surface area (Å²) in [6.07, 6.45) is -1.41. The molecule has 0 bridgehead atoms. The van der Waals surface area contributed by atoms with Gasteiger partial charge in [0.2, 0.25) is 0 Å². The molecule has 1 aromatic heterocycles. The quantitative estimate of drug-likeness (QED) is 0.403. The van der Waals surface area contributed by atoms with Crippen molar-refractivity contribution in [1.82, 2.24) is 0 Å². The second-order valence-corrected chi connectivity index (χ2v) is 5.89. The minimum absolute atomic E-state index is 0.151. The highest BCUT2D eigenvalue weighted by Gasteiger charge is 2.47. The number of halogens is 1. The third kappa shape index (κ3) is 2.15. The van der Waals surface area contributed by atoms with Gasteiger partial charge in [-0.3, -0.25) is 10.1 Å². The molecule has 7 heteroatoms. The van der Waals surface area contributed by atoms with Crippen LogP contribution in [0.1, 0.15) is 17.0 Å². The van der Waals surface area contributed by atoms with E-state index in [1.54, 1.807) is 48.5 Å². The maximum Gasteiger partial charge on any atom is 0.365 e. The fourth-order valence-corrected chi connectivity index (χ4v) is 3.26. The lowest BCUT2D eigenvalue weighted by Crippen LogP contribution is -2.29. The molecule has 120 valence electrons. The van der Waals surface area contributed by atoms with Gasteiger partial charge in [-0.25, -0.2) is 4.79 Å². The molecule has 0 saturated carbocycles. The summed E-state index contributed by atoms with van der Waals surface area (Å²) in [7, 11) is 0. The Morgan fingerprint density at radius 2 is 1.92 bits per heavy atom. The molecule has 0 radical (unpaired) electrons. The number of hydrogen-bond donors (Lipinski definition) is 0. The molecule has 0 fully saturated rings. The largest absolute Gasteiger partial charge is 0.428 e. The first-order chi connectivity index (χ1) is 11.6. The van der Waals surface area contributed by atoms with E-state index < -0.39 is 22.7 Å². The van der Waals surface area contributed by atoms with Crippen LogP contribution >= 0.6 is 11.6 Å². The summed E-state index contributed by atoms with van der Waals surface area (Å²) in [6.45, 7) is 0. The summed E-state index contributed by atoms with van der Waals surface area (Å²) in [4.78, 5) is 23.4. The first-order valence-corrected chi connectivity index (χ1v) is 7.55. The van der Waals surface area contributed by atoms with Crippen LogP contribution in [0.3, 0.4) is 0 Å². The van der Waals surface area contributed by atoms with Crippen LogP contribution in [0.25, 0.3) is 11.0 Å². The Morgan fingerprint density at radius 1 is 1.12 bits per heavy atom. The lowest BCUT2D eigenvalue weighted by Gasteiger charge is -2.12. The van der Waals surface area contributed by atoms with Crippen LogP contribution in [0.15, 0.2) is 57.7 Å².